The van der Waals surface area contributed by atoms with Crippen molar-refractivity contribution >= 4 is 23.2 Å². The first kappa shape index (κ1) is 16.2. The molecule has 0 spiro atoms. The first-order valence-electron chi connectivity index (χ1n) is 8.00. The summed E-state index contributed by atoms with van der Waals surface area (Å²) >= 11 is 0. The Labute approximate surface area is 141 Å². The number of hydrogen-bond acceptors (Lipinski definition) is 3. The summed E-state index contributed by atoms with van der Waals surface area (Å²) in [5.74, 6) is -0.247. The molecule has 1 atom stereocenters. The molecule has 0 radical (unpaired) electrons. The van der Waals surface area contributed by atoms with E-state index in [1.807, 2.05) is 54.4 Å². The van der Waals surface area contributed by atoms with Crippen molar-refractivity contribution < 1.29 is 9.59 Å². The number of benzene rings is 2. The lowest BCUT2D eigenvalue weighted by molar-refractivity contribution is -0.122. The van der Waals surface area contributed by atoms with Crippen LogP contribution < -0.4 is 10.2 Å². The first-order chi connectivity index (χ1) is 11.6. The van der Waals surface area contributed by atoms with Crippen molar-refractivity contribution in [1.82, 2.24) is 4.90 Å². The van der Waals surface area contributed by atoms with E-state index >= 15 is 0 Å². The third-order valence-electron chi connectivity index (χ3n) is 4.40. The molecule has 5 heteroatoms. The van der Waals surface area contributed by atoms with Gasteiger partial charge in [0.1, 0.15) is 6.54 Å². The van der Waals surface area contributed by atoms with Gasteiger partial charge < -0.3 is 5.32 Å². The molecule has 1 aliphatic heterocycles. The summed E-state index contributed by atoms with van der Waals surface area (Å²) in [7, 11) is 1.92. The van der Waals surface area contributed by atoms with Gasteiger partial charge in [0.25, 0.3) is 0 Å². The molecule has 124 valence electrons. The summed E-state index contributed by atoms with van der Waals surface area (Å²) < 4.78 is 0. The van der Waals surface area contributed by atoms with Crippen LogP contribution in [0.3, 0.4) is 0 Å². The topological polar surface area (TPSA) is 52.7 Å². The van der Waals surface area contributed by atoms with Gasteiger partial charge in [0.05, 0.1) is 17.9 Å². The van der Waals surface area contributed by atoms with Crippen molar-refractivity contribution in [2.75, 3.05) is 30.4 Å². The number of likely N-dealkylation sites (N-methyl/N-ethyl adjacent to an activating group) is 1. The van der Waals surface area contributed by atoms with E-state index in [9.17, 15) is 9.59 Å². The molecular weight excluding hydrogens is 302 g/mol. The fraction of sp³-hybridized carbons (Fsp3) is 0.263. The lowest BCUT2D eigenvalue weighted by atomic mass is 10.1. The van der Waals surface area contributed by atoms with E-state index in [-0.39, 0.29) is 30.9 Å². The molecule has 2 amide bonds. The molecular formula is C19H21N3O2. The van der Waals surface area contributed by atoms with E-state index in [1.165, 1.54) is 0 Å². The minimum atomic E-state index is -0.166. The lowest BCUT2D eigenvalue weighted by Gasteiger charge is -2.32. The molecule has 0 fully saturated rings. The maximum atomic E-state index is 12.8. The fourth-order valence-corrected chi connectivity index (χ4v) is 2.88. The second-order valence-electron chi connectivity index (χ2n) is 6.05. The second-order valence-corrected chi connectivity index (χ2v) is 6.05. The van der Waals surface area contributed by atoms with Gasteiger partial charge in [-0.25, -0.2) is 0 Å². The summed E-state index contributed by atoms with van der Waals surface area (Å²) in [5, 5.41) is 2.80. The molecule has 0 unspecified atom stereocenters. The summed E-state index contributed by atoms with van der Waals surface area (Å²) in [6.07, 6.45) is 0. The Morgan fingerprint density at radius 1 is 1.17 bits per heavy atom. The number of fused-ring (bicyclic) bond motifs is 1. The van der Waals surface area contributed by atoms with E-state index in [0.717, 1.165) is 11.3 Å². The number of hydrogen-bond donors (Lipinski definition) is 1. The van der Waals surface area contributed by atoms with Gasteiger partial charge in [0.2, 0.25) is 11.8 Å². The van der Waals surface area contributed by atoms with Crippen LogP contribution in [0.5, 0.6) is 0 Å². The Balaban J connectivity index is 1.74. The van der Waals surface area contributed by atoms with E-state index in [1.54, 1.807) is 4.90 Å². The van der Waals surface area contributed by atoms with Crippen molar-refractivity contribution in [1.29, 1.82) is 0 Å². The van der Waals surface area contributed by atoms with Crippen LogP contribution in [0.4, 0.5) is 11.4 Å². The largest absolute Gasteiger partial charge is 0.323 e. The van der Waals surface area contributed by atoms with Gasteiger partial charge in [0, 0.05) is 6.04 Å². The number of anilines is 2. The molecule has 1 heterocycles. The molecule has 0 aromatic heterocycles. The van der Waals surface area contributed by atoms with Crippen molar-refractivity contribution in [2.24, 2.45) is 0 Å². The summed E-state index contributed by atoms with van der Waals surface area (Å²) in [6, 6.07) is 17.6. The van der Waals surface area contributed by atoms with Crippen molar-refractivity contribution in [2.45, 2.75) is 13.0 Å². The van der Waals surface area contributed by atoms with Crippen LogP contribution in [-0.4, -0.2) is 36.9 Å². The molecule has 2 aromatic carbocycles. The van der Waals surface area contributed by atoms with Gasteiger partial charge in [-0.05, 0) is 31.7 Å². The Morgan fingerprint density at radius 3 is 2.58 bits per heavy atom. The number of amides is 2. The smallest absolute Gasteiger partial charge is 0.244 e. The molecule has 24 heavy (non-hydrogen) atoms. The molecule has 0 aliphatic carbocycles. The number of carbonyl (C=O) groups is 2. The van der Waals surface area contributed by atoms with Crippen LogP contribution in [0, 0.1) is 0 Å². The summed E-state index contributed by atoms with van der Waals surface area (Å²) in [4.78, 5) is 28.2. The van der Waals surface area contributed by atoms with Gasteiger partial charge in [-0.1, -0.05) is 42.5 Å². The standard InChI is InChI=1S/C19H21N3O2/c1-14(15-8-4-3-5-9-15)21(2)13-19(24)22-12-18(23)20-16-10-6-7-11-17(16)22/h3-11,14H,12-13H2,1-2H3,(H,20,23)/t14-/m1/s1. The van der Waals surface area contributed by atoms with Gasteiger partial charge in [-0.15, -0.1) is 0 Å². The zero-order chi connectivity index (χ0) is 17.1. The predicted molar refractivity (Wildman–Crippen MR) is 94.9 cm³/mol. The Kier molecular flexibility index (Phi) is 4.62. The highest BCUT2D eigenvalue weighted by atomic mass is 16.2. The predicted octanol–water partition coefficient (Wildman–Crippen LogP) is 2.66. The van der Waals surface area contributed by atoms with Crippen LogP contribution in [0.1, 0.15) is 18.5 Å². The molecule has 2 aromatic rings. The first-order valence-corrected chi connectivity index (χ1v) is 8.00. The number of rotatable bonds is 4. The van der Waals surface area contributed by atoms with Crippen molar-refractivity contribution in [3.05, 3.63) is 60.2 Å². The van der Waals surface area contributed by atoms with Crippen molar-refractivity contribution in [3.63, 3.8) is 0 Å². The quantitative estimate of drug-likeness (QED) is 0.941. The Bertz CT molecular complexity index is 745. The minimum absolute atomic E-state index is 0.0589. The Hall–Kier alpha value is -2.66. The van der Waals surface area contributed by atoms with E-state index in [4.69, 9.17) is 0 Å². The zero-order valence-electron chi connectivity index (χ0n) is 13.9. The van der Waals surface area contributed by atoms with Crippen LogP contribution >= 0.6 is 0 Å². The van der Waals surface area contributed by atoms with Crippen LogP contribution in [0.25, 0.3) is 0 Å². The van der Waals surface area contributed by atoms with Gasteiger partial charge in [-0.2, -0.15) is 0 Å². The second kappa shape index (κ2) is 6.84. The number of nitrogens with zero attached hydrogens (tertiary/aromatic N) is 2. The van der Waals surface area contributed by atoms with Crippen molar-refractivity contribution in [3.8, 4) is 0 Å². The van der Waals surface area contributed by atoms with Crippen LogP contribution in [0.15, 0.2) is 54.6 Å². The maximum absolute atomic E-state index is 12.8. The number of para-hydroxylation sites is 2. The molecule has 3 rings (SSSR count). The minimum Gasteiger partial charge on any atom is -0.323 e. The third-order valence-corrected chi connectivity index (χ3v) is 4.40. The van der Waals surface area contributed by atoms with E-state index < -0.39 is 0 Å². The normalized spacial score (nSPS) is 15.0. The molecule has 1 N–H and O–H groups in total. The third kappa shape index (κ3) is 3.31. The van der Waals surface area contributed by atoms with E-state index in [2.05, 4.69) is 24.4 Å². The highest BCUT2D eigenvalue weighted by molar-refractivity contribution is 6.10. The summed E-state index contributed by atoms with van der Waals surface area (Å²) in [5.41, 5.74) is 2.59. The van der Waals surface area contributed by atoms with Gasteiger partial charge in [-0.3, -0.25) is 19.4 Å². The molecule has 0 bridgehead atoms. The monoisotopic (exact) mass is 323 g/mol. The van der Waals surface area contributed by atoms with Crippen LogP contribution in [-0.2, 0) is 9.59 Å². The Morgan fingerprint density at radius 2 is 1.83 bits per heavy atom. The zero-order valence-corrected chi connectivity index (χ0v) is 13.9. The van der Waals surface area contributed by atoms with Crippen LogP contribution in [0.2, 0.25) is 0 Å². The average molecular weight is 323 g/mol. The fourth-order valence-electron chi connectivity index (χ4n) is 2.88. The van der Waals surface area contributed by atoms with E-state index in [0.29, 0.717) is 5.69 Å². The SMILES string of the molecule is C[C@H](c1ccccc1)N(C)CC(=O)N1CC(=O)Nc2ccccc21. The molecule has 0 saturated carbocycles. The molecule has 0 saturated heterocycles. The van der Waals surface area contributed by atoms with Gasteiger partial charge >= 0.3 is 0 Å². The number of carbonyl (C=O) groups excluding carboxylic acids is 2. The summed E-state index contributed by atoms with van der Waals surface area (Å²) in [6.45, 7) is 2.38. The molecule has 1 aliphatic rings. The average Bonchev–Trinajstić information content (AvgIpc) is 2.60. The highest BCUT2D eigenvalue weighted by Crippen LogP contribution is 2.29. The number of nitrogens with one attached hydrogen (secondary N) is 1. The molecule has 5 nitrogen and oxygen atoms in total. The maximum Gasteiger partial charge on any atom is 0.244 e. The lowest BCUT2D eigenvalue weighted by Crippen LogP contribution is -2.46. The highest BCUT2D eigenvalue weighted by Gasteiger charge is 2.27. The van der Waals surface area contributed by atoms with Gasteiger partial charge in [0.15, 0.2) is 0 Å².